The number of carbonyl (C=O) groups excluding carboxylic acids is 1. The van der Waals surface area contributed by atoms with E-state index in [0.717, 1.165) is 12.5 Å². The summed E-state index contributed by atoms with van der Waals surface area (Å²) < 4.78 is 76.0. The number of unbranched alkanes of at least 4 members (excludes halogenated alkanes) is 1. The minimum atomic E-state index is -4.63. The van der Waals surface area contributed by atoms with Crippen LogP contribution in [0.2, 0.25) is 0 Å². The number of hydrogen-bond acceptors (Lipinski definition) is 6. The molecule has 2 aromatic rings. The zero-order valence-electron chi connectivity index (χ0n) is 18.5. The molecule has 7 nitrogen and oxygen atoms in total. The lowest BCUT2D eigenvalue weighted by Crippen LogP contribution is -2.54. The standard InChI is InChI=1S/C23H26F3NO6S/c1-2-3-12-33-20-9-6-17(15-19(20)23(24,25)26)16-4-7-18(8-5-16)34(30,31)22(21(28)27-29)10-13-32-14-11-22/h4-9,15,29H,2-3,10-14H2,1H3,(H,27,28). The highest BCUT2D eigenvalue weighted by molar-refractivity contribution is 7.93. The van der Waals surface area contributed by atoms with Crippen LogP contribution in [0.1, 0.15) is 38.2 Å². The van der Waals surface area contributed by atoms with Gasteiger partial charge < -0.3 is 9.47 Å². The van der Waals surface area contributed by atoms with E-state index in [4.69, 9.17) is 14.7 Å². The molecule has 0 radical (unpaired) electrons. The molecule has 2 aromatic carbocycles. The summed E-state index contributed by atoms with van der Waals surface area (Å²) in [6.45, 7) is 2.12. The molecule has 1 aliphatic rings. The first-order valence-corrected chi connectivity index (χ1v) is 12.3. The highest BCUT2D eigenvalue weighted by Gasteiger charge is 2.52. The van der Waals surface area contributed by atoms with Gasteiger partial charge in [-0.1, -0.05) is 31.5 Å². The van der Waals surface area contributed by atoms with E-state index in [0.29, 0.717) is 12.0 Å². The lowest BCUT2D eigenvalue weighted by Gasteiger charge is -2.34. The Bertz CT molecular complexity index is 1110. The fraction of sp³-hybridized carbons (Fsp3) is 0.435. The average molecular weight is 502 g/mol. The summed E-state index contributed by atoms with van der Waals surface area (Å²) in [4.78, 5) is 12.2. The largest absolute Gasteiger partial charge is 0.493 e. The van der Waals surface area contributed by atoms with E-state index in [2.05, 4.69) is 0 Å². The normalized spacial score (nSPS) is 16.1. The molecule has 0 aliphatic carbocycles. The second kappa shape index (κ2) is 10.3. The first kappa shape index (κ1) is 26.0. The van der Waals surface area contributed by atoms with Gasteiger partial charge in [0.2, 0.25) is 0 Å². The predicted octanol–water partition coefficient (Wildman–Crippen LogP) is 4.38. The number of ether oxygens (including phenoxy) is 2. The van der Waals surface area contributed by atoms with Crippen LogP contribution in [-0.2, 0) is 25.5 Å². The molecular formula is C23H26F3NO6S. The maximum Gasteiger partial charge on any atom is 0.419 e. The number of amides is 1. The number of nitrogens with one attached hydrogen (secondary N) is 1. The molecule has 0 unspecified atom stereocenters. The van der Waals surface area contributed by atoms with Gasteiger partial charge in [0.15, 0.2) is 14.6 Å². The number of sulfone groups is 1. The second-order valence-electron chi connectivity index (χ2n) is 7.99. The number of hydroxylamine groups is 1. The lowest BCUT2D eigenvalue weighted by molar-refractivity contribution is -0.139. The van der Waals surface area contributed by atoms with Crippen molar-refractivity contribution >= 4 is 15.7 Å². The topological polar surface area (TPSA) is 102 Å². The van der Waals surface area contributed by atoms with Crippen molar-refractivity contribution in [1.29, 1.82) is 0 Å². The minimum absolute atomic E-state index is 0.0254. The van der Waals surface area contributed by atoms with Crippen molar-refractivity contribution in [3.63, 3.8) is 0 Å². The Morgan fingerprint density at radius 3 is 2.29 bits per heavy atom. The summed E-state index contributed by atoms with van der Waals surface area (Å²) in [5.41, 5.74) is 1.11. The fourth-order valence-electron chi connectivity index (χ4n) is 3.86. The van der Waals surface area contributed by atoms with Crippen LogP contribution in [0.4, 0.5) is 13.2 Å². The molecule has 186 valence electrons. The Labute approximate surface area is 195 Å². The molecule has 0 bridgehead atoms. The Hall–Kier alpha value is -2.63. The van der Waals surface area contributed by atoms with Gasteiger partial charge in [-0.3, -0.25) is 10.0 Å². The van der Waals surface area contributed by atoms with Crippen molar-refractivity contribution in [2.75, 3.05) is 19.8 Å². The molecule has 1 saturated heterocycles. The average Bonchev–Trinajstić information content (AvgIpc) is 2.83. The van der Waals surface area contributed by atoms with Crippen LogP contribution in [-0.4, -0.2) is 44.1 Å². The van der Waals surface area contributed by atoms with Gasteiger partial charge in [0.25, 0.3) is 5.91 Å². The van der Waals surface area contributed by atoms with Gasteiger partial charge in [-0.15, -0.1) is 0 Å². The first-order valence-electron chi connectivity index (χ1n) is 10.8. The van der Waals surface area contributed by atoms with E-state index >= 15 is 0 Å². The summed E-state index contributed by atoms with van der Waals surface area (Å²) in [5.74, 6) is -1.31. The summed E-state index contributed by atoms with van der Waals surface area (Å²) in [5, 5.41) is 9.13. The van der Waals surface area contributed by atoms with Gasteiger partial charge in [0.05, 0.1) is 17.1 Å². The Morgan fingerprint density at radius 2 is 1.74 bits per heavy atom. The zero-order valence-corrected chi connectivity index (χ0v) is 19.3. The highest BCUT2D eigenvalue weighted by atomic mass is 32.2. The number of hydrogen-bond donors (Lipinski definition) is 2. The molecule has 11 heteroatoms. The molecular weight excluding hydrogens is 475 g/mol. The third-order valence-corrected chi connectivity index (χ3v) is 8.38. The molecule has 0 aromatic heterocycles. The third-order valence-electron chi connectivity index (χ3n) is 5.87. The predicted molar refractivity (Wildman–Crippen MR) is 117 cm³/mol. The maximum atomic E-state index is 13.6. The molecule has 3 rings (SSSR count). The van der Waals surface area contributed by atoms with E-state index in [9.17, 15) is 26.4 Å². The van der Waals surface area contributed by atoms with Crippen LogP contribution in [0.3, 0.4) is 0 Å². The Morgan fingerprint density at radius 1 is 1.12 bits per heavy atom. The fourth-order valence-corrected chi connectivity index (χ4v) is 5.80. The Kier molecular flexibility index (Phi) is 7.89. The van der Waals surface area contributed by atoms with Crippen LogP contribution in [0.25, 0.3) is 11.1 Å². The van der Waals surface area contributed by atoms with Gasteiger partial charge >= 0.3 is 6.18 Å². The molecule has 2 N–H and O–H groups in total. The van der Waals surface area contributed by atoms with E-state index in [-0.39, 0.29) is 48.9 Å². The third kappa shape index (κ3) is 5.06. The molecule has 1 aliphatic heterocycles. The Balaban J connectivity index is 1.95. The number of halogens is 3. The molecule has 0 saturated carbocycles. The SMILES string of the molecule is CCCCOc1ccc(-c2ccc(S(=O)(=O)C3(C(=O)NO)CCOCC3)cc2)cc1C(F)(F)F. The van der Waals surface area contributed by atoms with Gasteiger partial charge in [-0.25, -0.2) is 13.9 Å². The number of carbonyl (C=O) groups is 1. The van der Waals surface area contributed by atoms with Gasteiger partial charge in [-0.2, -0.15) is 13.2 Å². The minimum Gasteiger partial charge on any atom is -0.493 e. The van der Waals surface area contributed by atoms with Gasteiger partial charge in [0.1, 0.15) is 5.75 Å². The zero-order chi connectivity index (χ0) is 25.0. The lowest BCUT2D eigenvalue weighted by atomic mass is 9.98. The molecule has 0 spiro atoms. The molecule has 0 atom stereocenters. The van der Waals surface area contributed by atoms with Crippen molar-refractivity contribution in [2.24, 2.45) is 0 Å². The molecule has 34 heavy (non-hydrogen) atoms. The van der Waals surface area contributed by atoms with Gasteiger partial charge in [0, 0.05) is 13.2 Å². The quantitative estimate of drug-likeness (QED) is 0.316. The van der Waals surface area contributed by atoms with E-state index in [1.54, 1.807) is 0 Å². The van der Waals surface area contributed by atoms with E-state index in [1.807, 2.05) is 6.92 Å². The van der Waals surface area contributed by atoms with Crippen LogP contribution in [0.5, 0.6) is 5.75 Å². The van der Waals surface area contributed by atoms with Crippen molar-refractivity contribution < 1.29 is 41.1 Å². The van der Waals surface area contributed by atoms with E-state index < -0.39 is 32.2 Å². The van der Waals surface area contributed by atoms with Crippen LogP contribution < -0.4 is 10.2 Å². The summed E-state index contributed by atoms with van der Waals surface area (Å²) in [7, 11) is -4.24. The molecule has 1 amide bonds. The number of benzene rings is 2. The number of alkyl halides is 3. The highest BCUT2D eigenvalue weighted by Crippen LogP contribution is 2.40. The van der Waals surface area contributed by atoms with Crippen LogP contribution >= 0.6 is 0 Å². The first-order chi connectivity index (χ1) is 16.1. The van der Waals surface area contributed by atoms with E-state index in [1.165, 1.54) is 41.9 Å². The van der Waals surface area contributed by atoms with Crippen molar-refractivity contribution in [2.45, 2.75) is 48.4 Å². The second-order valence-corrected chi connectivity index (χ2v) is 10.2. The smallest absolute Gasteiger partial charge is 0.419 e. The van der Waals surface area contributed by atoms with Crippen LogP contribution in [0.15, 0.2) is 47.4 Å². The van der Waals surface area contributed by atoms with Crippen molar-refractivity contribution in [3.8, 4) is 16.9 Å². The molecule has 1 fully saturated rings. The van der Waals surface area contributed by atoms with Crippen LogP contribution in [0, 0.1) is 0 Å². The molecule has 1 heterocycles. The summed E-state index contributed by atoms with van der Waals surface area (Å²) in [6, 6.07) is 8.93. The van der Waals surface area contributed by atoms with Gasteiger partial charge in [-0.05, 0) is 54.7 Å². The maximum absolute atomic E-state index is 13.6. The summed E-state index contributed by atoms with van der Waals surface area (Å²) >= 11 is 0. The monoisotopic (exact) mass is 501 g/mol. The van der Waals surface area contributed by atoms with Crippen molar-refractivity contribution in [1.82, 2.24) is 5.48 Å². The summed E-state index contributed by atoms with van der Waals surface area (Å²) in [6.07, 6.45) is -3.51. The number of rotatable bonds is 8. The van der Waals surface area contributed by atoms with Crippen molar-refractivity contribution in [3.05, 3.63) is 48.0 Å².